The molecule has 0 aromatic rings. The smallest absolute Gasteiger partial charge is 0.278 e. The number of carbonyl (C=O) groups is 1. The van der Waals surface area contributed by atoms with Gasteiger partial charge >= 0.3 is 0 Å². The number of likely N-dealkylation sites (N-methyl/N-ethyl adjacent to an activating group) is 1. The maximum absolute atomic E-state index is 11.6. The summed E-state index contributed by atoms with van der Waals surface area (Å²) in [5, 5.41) is 14.7. The molecule has 1 fully saturated rings. The van der Waals surface area contributed by atoms with Gasteiger partial charge in [-0.3, -0.25) is 9.69 Å². The van der Waals surface area contributed by atoms with Crippen molar-refractivity contribution < 1.29 is 10.0 Å². The van der Waals surface area contributed by atoms with Gasteiger partial charge in [-0.15, -0.1) is 0 Å². The minimum absolute atomic E-state index is 0.125. The van der Waals surface area contributed by atoms with Gasteiger partial charge in [0.25, 0.3) is 5.91 Å². The average Bonchev–Trinajstić information content (AvgIpc) is 2.65. The molecule has 2 heterocycles. The Labute approximate surface area is 98.8 Å². The van der Waals surface area contributed by atoms with Crippen molar-refractivity contribution in [3.63, 3.8) is 0 Å². The van der Waals surface area contributed by atoms with Crippen LogP contribution in [0.4, 0.5) is 0 Å². The van der Waals surface area contributed by atoms with E-state index < -0.39 is 0 Å². The van der Waals surface area contributed by atoms with E-state index in [0.717, 1.165) is 36.4 Å². The second-order valence-corrected chi connectivity index (χ2v) is 4.50. The standard InChI is InChI=1S/C12H13N3O2/c1-15-5-4-7-2-3-8-10(9(7)6-15)13-12(16)11(8)14-17/h3-4,17H,2,5-6H2,1H3,(H,13,16)/b14-11-. The molecule has 5 heteroatoms. The van der Waals surface area contributed by atoms with Crippen molar-refractivity contribution in [2.75, 3.05) is 20.1 Å². The van der Waals surface area contributed by atoms with E-state index >= 15 is 0 Å². The lowest BCUT2D eigenvalue weighted by Gasteiger charge is -2.28. The number of fused-ring (bicyclic) bond motifs is 2. The van der Waals surface area contributed by atoms with Crippen molar-refractivity contribution in [2.24, 2.45) is 5.16 Å². The van der Waals surface area contributed by atoms with Crippen LogP contribution >= 0.6 is 0 Å². The van der Waals surface area contributed by atoms with Gasteiger partial charge in [-0.1, -0.05) is 17.3 Å². The Hall–Kier alpha value is -1.88. The van der Waals surface area contributed by atoms with E-state index in [2.05, 4.69) is 21.4 Å². The summed E-state index contributed by atoms with van der Waals surface area (Å²) in [6.45, 7) is 1.75. The molecule has 1 aliphatic carbocycles. The van der Waals surface area contributed by atoms with Crippen molar-refractivity contribution >= 4 is 11.6 Å². The van der Waals surface area contributed by atoms with E-state index in [4.69, 9.17) is 5.21 Å². The van der Waals surface area contributed by atoms with Gasteiger partial charge in [0.1, 0.15) is 0 Å². The predicted molar refractivity (Wildman–Crippen MR) is 62.7 cm³/mol. The fraction of sp³-hybridized carbons (Fsp3) is 0.333. The molecule has 0 aromatic carbocycles. The number of oxime groups is 1. The molecule has 0 unspecified atom stereocenters. The molecule has 2 N–H and O–H groups in total. The fourth-order valence-electron chi connectivity index (χ4n) is 2.50. The molecule has 5 nitrogen and oxygen atoms in total. The minimum Gasteiger partial charge on any atom is -0.410 e. The van der Waals surface area contributed by atoms with Crippen LogP contribution in [0.25, 0.3) is 0 Å². The van der Waals surface area contributed by atoms with Crippen LogP contribution in [-0.4, -0.2) is 41.9 Å². The highest BCUT2D eigenvalue weighted by atomic mass is 16.4. The van der Waals surface area contributed by atoms with E-state index in [-0.39, 0.29) is 11.6 Å². The minimum atomic E-state index is -0.323. The zero-order valence-corrected chi connectivity index (χ0v) is 9.53. The Morgan fingerprint density at radius 2 is 2.29 bits per heavy atom. The molecule has 2 aliphatic heterocycles. The molecule has 1 saturated heterocycles. The first-order valence-corrected chi connectivity index (χ1v) is 5.56. The molecule has 3 rings (SSSR count). The maximum atomic E-state index is 11.6. The molecular weight excluding hydrogens is 218 g/mol. The Morgan fingerprint density at radius 1 is 1.47 bits per heavy atom. The summed E-state index contributed by atoms with van der Waals surface area (Å²) < 4.78 is 0. The zero-order chi connectivity index (χ0) is 12.0. The van der Waals surface area contributed by atoms with Crippen LogP contribution in [-0.2, 0) is 4.79 Å². The summed E-state index contributed by atoms with van der Waals surface area (Å²) >= 11 is 0. The van der Waals surface area contributed by atoms with Crippen molar-refractivity contribution in [3.8, 4) is 0 Å². The molecule has 0 radical (unpaired) electrons. The van der Waals surface area contributed by atoms with Crippen LogP contribution in [0.5, 0.6) is 0 Å². The second kappa shape index (κ2) is 3.56. The molecule has 1 amide bonds. The largest absolute Gasteiger partial charge is 0.410 e. The van der Waals surface area contributed by atoms with E-state index in [1.54, 1.807) is 0 Å². The SMILES string of the molecule is CN1CC=C2CC=C3C(=C2C1)NC(=O)/C3=N\O. The van der Waals surface area contributed by atoms with Crippen molar-refractivity contribution in [2.45, 2.75) is 6.42 Å². The summed E-state index contributed by atoms with van der Waals surface area (Å²) in [5.74, 6) is -0.323. The fourth-order valence-corrected chi connectivity index (χ4v) is 2.50. The lowest BCUT2D eigenvalue weighted by molar-refractivity contribution is -0.113. The van der Waals surface area contributed by atoms with Crippen LogP contribution in [0.15, 0.2) is 39.7 Å². The van der Waals surface area contributed by atoms with Crippen LogP contribution in [0, 0.1) is 0 Å². The van der Waals surface area contributed by atoms with E-state index in [9.17, 15) is 4.79 Å². The highest BCUT2D eigenvalue weighted by Gasteiger charge is 2.35. The van der Waals surface area contributed by atoms with Gasteiger partial charge < -0.3 is 10.5 Å². The third kappa shape index (κ3) is 1.43. The number of amides is 1. The number of carbonyl (C=O) groups excluding carboxylic acids is 1. The third-order valence-electron chi connectivity index (χ3n) is 3.37. The predicted octanol–water partition coefficient (Wildman–Crippen LogP) is 0.402. The van der Waals surface area contributed by atoms with Gasteiger partial charge in [0.2, 0.25) is 0 Å². The van der Waals surface area contributed by atoms with Crippen LogP contribution < -0.4 is 5.32 Å². The molecule has 3 aliphatic rings. The van der Waals surface area contributed by atoms with Crippen LogP contribution in [0.2, 0.25) is 0 Å². The lowest BCUT2D eigenvalue weighted by Crippen LogP contribution is -2.29. The summed E-state index contributed by atoms with van der Waals surface area (Å²) in [4.78, 5) is 13.8. The first-order chi connectivity index (χ1) is 8.20. The number of hydrogen-bond donors (Lipinski definition) is 2. The molecule has 0 atom stereocenters. The monoisotopic (exact) mass is 231 g/mol. The number of allylic oxidation sites excluding steroid dienone is 2. The van der Waals surface area contributed by atoms with Gasteiger partial charge in [0.05, 0.1) is 5.70 Å². The summed E-state index contributed by atoms with van der Waals surface area (Å²) in [7, 11) is 2.04. The number of rotatable bonds is 0. The quantitative estimate of drug-likeness (QED) is 0.468. The highest BCUT2D eigenvalue weighted by Crippen LogP contribution is 2.34. The highest BCUT2D eigenvalue weighted by molar-refractivity contribution is 6.49. The molecule has 0 aromatic heterocycles. The Morgan fingerprint density at radius 3 is 3.06 bits per heavy atom. The average molecular weight is 231 g/mol. The van der Waals surface area contributed by atoms with Gasteiger partial charge in [0, 0.05) is 18.7 Å². The van der Waals surface area contributed by atoms with Crippen molar-refractivity contribution in [1.29, 1.82) is 0 Å². The summed E-state index contributed by atoms with van der Waals surface area (Å²) in [6, 6.07) is 0. The van der Waals surface area contributed by atoms with Crippen molar-refractivity contribution in [3.05, 3.63) is 34.6 Å². The van der Waals surface area contributed by atoms with Gasteiger partial charge in [-0.2, -0.15) is 0 Å². The van der Waals surface area contributed by atoms with E-state index in [1.807, 2.05) is 13.1 Å². The molecule has 88 valence electrons. The zero-order valence-electron chi connectivity index (χ0n) is 9.53. The van der Waals surface area contributed by atoms with Gasteiger partial charge in [-0.05, 0) is 24.6 Å². The number of nitrogens with zero attached hydrogens (tertiary/aromatic N) is 2. The maximum Gasteiger partial charge on any atom is 0.278 e. The number of nitrogens with one attached hydrogen (secondary N) is 1. The Kier molecular flexibility index (Phi) is 2.16. The lowest BCUT2D eigenvalue weighted by atomic mass is 9.88. The second-order valence-electron chi connectivity index (χ2n) is 4.50. The van der Waals surface area contributed by atoms with Crippen LogP contribution in [0.3, 0.4) is 0 Å². The first-order valence-electron chi connectivity index (χ1n) is 5.56. The normalized spacial score (nSPS) is 26.4. The van der Waals surface area contributed by atoms with Gasteiger partial charge in [-0.25, -0.2) is 0 Å². The summed E-state index contributed by atoms with van der Waals surface area (Å²) in [6.07, 6.45) is 4.93. The molecular formula is C12H13N3O2. The van der Waals surface area contributed by atoms with Crippen LogP contribution in [0.1, 0.15) is 6.42 Å². The Bertz CT molecular complexity index is 526. The molecule has 0 spiro atoms. The first kappa shape index (κ1) is 10.3. The molecule has 17 heavy (non-hydrogen) atoms. The molecule has 0 saturated carbocycles. The third-order valence-corrected chi connectivity index (χ3v) is 3.37. The number of hydrogen-bond acceptors (Lipinski definition) is 4. The van der Waals surface area contributed by atoms with Gasteiger partial charge in [0.15, 0.2) is 5.71 Å². The van der Waals surface area contributed by atoms with E-state index in [1.165, 1.54) is 5.57 Å². The Balaban J connectivity index is 2.13. The van der Waals surface area contributed by atoms with Crippen molar-refractivity contribution in [1.82, 2.24) is 10.2 Å². The van der Waals surface area contributed by atoms with E-state index in [0.29, 0.717) is 0 Å². The molecule has 0 bridgehead atoms. The summed E-state index contributed by atoms with van der Waals surface area (Å²) in [5.41, 5.74) is 4.08. The topological polar surface area (TPSA) is 64.9 Å².